The van der Waals surface area contributed by atoms with Crippen molar-refractivity contribution in [3.8, 4) is 0 Å². The lowest BCUT2D eigenvalue weighted by Gasteiger charge is -2.34. The van der Waals surface area contributed by atoms with Crippen molar-refractivity contribution in [3.63, 3.8) is 0 Å². The Bertz CT molecular complexity index is 998. The molecule has 0 fully saturated rings. The summed E-state index contributed by atoms with van der Waals surface area (Å²) in [6.07, 6.45) is 0.299. The number of hydrogen-bond acceptors (Lipinski definition) is 5. The van der Waals surface area contributed by atoms with Crippen molar-refractivity contribution < 1.29 is 18.0 Å². The number of sulfonamides is 1. The molecule has 9 heteroatoms. The fourth-order valence-electron chi connectivity index (χ4n) is 3.12. The standard InChI is InChI=1S/C18H21N3O4S2/c1-3-27(24,25)21-10-13-7-5-4-6-12(13)8-15(21)18(23)20-14-9-16(17(19)22)26-11(14)2/h4-7,9,15H,3,8,10H2,1-2H3,(H2,19,22)(H,20,23). The lowest BCUT2D eigenvalue weighted by atomic mass is 9.95. The van der Waals surface area contributed by atoms with Gasteiger partial charge in [0.05, 0.1) is 16.3 Å². The minimum Gasteiger partial charge on any atom is -0.365 e. The molecule has 0 aliphatic carbocycles. The molecule has 0 saturated heterocycles. The second-order valence-corrected chi connectivity index (χ2v) is 9.83. The third-order valence-corrected chi connectivity index (χ3v) is 7.54. The molecule has 2 amide bonds. The number of nitrogens with one attached hydrogen (secondary N) is 1. The van der Waals surface area contributed by atoms with E-state index < -0.39 is 27.9 Å². The summed E-state index contributed by atoms with van der Waals surface area (Å²) in [6.45, 7) is 3.50. The maximum absolute atomic E-state index is 13.0. The second-order valence-electron chi connectivity index (χ2n) is 6.37. The van der Waals surface area contributed by atoms with Crippen LogP contribution in [0.25, 0.3) is 0 Å². The average Bonchev–Trinajstić information content (AvgIpc) is 3.01. The van der Waals surface area contributed by atoms with Crippen molar-refractivity contribution in [2.45, 2.75) is 32.9 Å². The maximum atomic E-state index is 13.0. The Kier molecular flexibility index (Phi) is 5.36. The maximum Gasteiger partial charge on any atom is 0.258 e. The summed E-state index contributed by atoms with van der Waals surface area (Å²) in [4.78, 5) is 25.4. The highest BCUT2D eigenvalue weighted by Gasteiger charge is 2.38. The summed E-state index contributed by atoms with van der Waals surface area (Å²) in [7, 11) is -3.57. The van der Waals surface area contributed by atoms with Crippen LogP contribution in [0.5, 0.6) is 0 Å². The van der Waals surface area contributed by atoms with Gasteiger partial charge in [-0.25, -0.2) is 8.42 Å². The second kappa shape index (κ2) is 7.41. The fraction of sp³-hybridized carbons (Fsp3) is 0.333. The number of rotatable bonds is 5. The van der Waals surface area contributed by atoms with E-state index in [0.29, 0.717) is 17.0 Å². The van der Waals surface area contributed by atoms with Crippen molar-refractivity contribution in [2.24, 2.45) is 5.73 Å². The van der Waals surface area contributed by atoms with Crippen LogP contribution in [0.15, 0.2) is 30.3 Å². The number of thiophene rings is 1. The number of nitrogens with two attached hydrogens (primary N) is 1. The number of hydrogen-bond donors (Lipinski definition) is 2. The van der Waals surface area contributed by atoms with Crippen LogP contribution in [-0.4, -0.2) is 36.3 Å². The lowest BCUT2D eigenvalue weighted by molar-refractivity contribution is -0.120. The fourth-order valence-corrected chi connectivity index (χ4v) is 5.18. The van der Waals surface area contributed by atoms with Crippen LogP contribution >= 0.6 is 11.3 Å². The Balaban J connectivity index is 1.92. The number of primary amides is 1. The van der Waals surface area contributed by atoms with Crippen molar-refractivity contribution in [1.29, 1.82) is 0 Å². The van der Waals surface area contributed by atoms with Crippen LogP contribution in [0.4, 0.5) is 5.69 Å². The minimum absolute atomic E-state index is 0.0811. The van der Waals surface area contributed by atoms with Gasteiger partial charge in [-0.1, -0.05) is 24.3 Å². The first-order valence-corrected chi connectivity index (χ1v) is 10.9. The molecule has 27 heavy (non-hydrogen) atoms. The number of amides is 2. The van der Waals surface area contributed by atoms with E-state index >= 15 is 0 Å². The summed E-state index contributed by atoms with van der Waals surface area (Å²) in [5, 5.41) is 2.77. The van der Waals surface area contributed by atoms with Gasteiger partial charge < -0.3 is 11.1 Å². The first-order chi connectivity index (χ1) is 12.7. The van der Waals surface area contributed by atoms with Crippen molar-refractivity contribution in [2.75, 3.05) is 11.1 Å². The molecule has 7 nitrogen and oxygen atoms in total. The average molecular weight is 408 g/mol. The highest BCUT2D eigenvalue weighted by atomic mass is 32.2. The topological polar surface area (TPSA) is 110 Å². The van der Waals surface area contributed by atoms with Crippen LogP contribution in [0.3, 0.4) is 0 Å². The largest absolute Gasteiger partial charge is 0.365 e. The van der Waals surface area contributed by atoms with Crippen LogP contribution in [0.1, 0.15) is 32.6 Å². The van der Waals surface area contributed by atoms with Crippen molar-refractivity contribution >= 4 is 38.9 Å². The predicted molar refractivity (Wildman–Crippen MR) is 105 cm³/mol. The monoisotopic (exact) mass is 407 g/mol. The number of fused-ring (bicyclic) bond motifs is 1. The van der Waals surface area contributed by atoms with E-state index in [-0.39, 0.29) is 12.3 Å². The third kappa shape index (κ3) is 3.90. The quantitative estimate of drug-likeness (QED) is 0.788. The van der Waals surface area contributed by atoms with E-state index in [1.807, 2.05) is 24.3 Å². The van der Waals surface area contributed by atoms with Gasteiger partial charge in [-0.3, -0.25) is 9.59 Å². The number of aryl methyl sites for hydroxylation is 1. The number of anilines is 1. The van der Waals surface area contributed by atoms with E-state index in [4.69, 9.17) is 5.73 Å². The minimum atomic E-state index is -3.57. The molecule has 0 bridgehead atoms. The zero-order valence-electron chi connectivity index (χ0n) is 15.1. The molecular formula is C18H21N3O4S2. The van der Waals surface area contributed by atoms with E-state index in [2.05, 4.69) is 5.32 Å². The van der Waals surface area contributed by atoms with E-state index in [1.165, 1.54) is 21.7 Å². The molecular weight excluding hydrogens is 386 g/mol. The Morgan fingerprint density at radius 2 is 1.96 bits per heavy atom. The SMILES string of the molecule is CCS(=O)(=O)N1Cc2ccccc2CC1C(=O)Nc1cc(C(N)=O)sc1C. The van der Waals surface area contributed by atoms with Gasteiger partial charge in [0.2, 0.25) is 15.9 Å². The summed E-state index contributed by atoms with van der Waals surface area (Å²) < 4.78 is 26.4. The summed E-state index contributed by atoms with van der Waals surface area (Å²) in [5.74, 6) is -1.06. The van der Waals surface area contributed by atoms with Gasteiger partial charge in [-0.2, -0.15) is 4.31 Å². The van der Waals surface area contributed by atoms with Gasteiger partial charge in [0.15, 0.2) is 0 Å². The van der Waals surface area contributed by atoms with Gasteiger partial charge in [0.1, 0.15) is 6.04 Å². The molecule has 0 radical (unpaired) electrons. The molecule has 3 rings (SSSR count). The Morgan fingerprint density at radius 3 is 2.56 bits per heavy atom. The molecule has 0 spiro atoms. The Hall–Kier alpha value is -2.23. The Labute approximate surface area is 162 Å². The predicted octanol–water partition coefficient (Wildman–Crippen LogP) is 1.87. The molecule has 1 unspecified atom stereocenters. The number of carbonyl (C=O) groups is 2. The first kappa shape index (κ1) is 19.5. The summed E-state index contributed by atoms with van der Waals surface area (Å²) in [5.41, 5.74) is 7.63. The molecule has 0 saturated carbocycles. The van der Waals surface area contributed by atoms with Gasteiger partial charge in [-0.15, -0.1) is 11.3 Å². The van der Waals surface area contributed by atoms with E-state index in [0.717, 1.165) is 16.0 Å². The van der Waals surface area contributed by atoms with Crippen molar-refractivity contribution in [1.82, 2.24) is 4.31 Å². The Morgan fingerprint density at radius 1 is 1.30 bits per heavy atom. The summed E-state index contributed by atoms with van der Waals surface area (Å²) in [6, 6.07) is 8.20. The molecule has 2 heterocycles. The normalized spacial score (nSPS) is 17.3. The molecule has 3 N–H and O–H groups in total. The smallest absolute Gasteiger partial charge is 0.258 e. The molecule has 1 aliphatic heterocycles. The highest BCUT2D eigenvalue weighted by Crippen LogP contribution is 2.29. The summed E-state index contributed by atoms with van der Waals surface area (Å²) >= 11 is 1.19. The molecule has 144 valence electrons. The van der Waals surface area contributed by atoms with E-state index in [9.17, 15) is 18.0 Å². The molecule has 2 aromatic rings. The third-order valence-electron chi connectivity index (χ3n) is 4.65. The number of nitrogens with zero attached hydrogens (tertiary/aromatic N) is 1. The zero-order valence-corrected chi connectivity index (χ0v) is 16.7. The highest BCUT2D eigenvalue weighted by molar-refractivity contribution is 7.89. The zero-order chi connectivity index (χ0) is 19.8. The molecule has 1 aliphatic rings. The van der Waals surface area contributed by atoms with Gasteiger partial charge in [0.25, 0.3) is 5.91 Å². The first-order valence-electron chi connectivity index (χ1n) is 8.50. The molecule has 1 aromatic heterocycles. The van der Waals surface area contributed by atoms with E-state index in [1.54, 1.807) is 13.8 Å². The van der Waals surface area contributed by atoms with Crippen molar-refractivity contribution in [3.05, 3.63) is 51.2 Å². The van der Waals surface area contributed by atoms with Crippen LogP contribution in [0, 0.1) is 6.92 Å². The van der Waals surface area contributed by atoms with Gasteiger partial charge in [0, 0.05) is 11.4 Å². The number of carbonyl (C=O) groups excluding carboxylic acids is 2. The lowest BCUT2D eigenvalue weighted by Crippen LogP contribution is -2.51. The van der Waals surface area contributed by atoms with Gasteiger partial charge in [-0.05, 0) is 37.5 Å². The number of benzene rings is 1. The van der Waals surface area contributed by atoms with Crippen LogP contribution < -0.4 is 11.1 Å². The van der Waals surface area contributed by atoms with Gasteiger partial charge >= 0.3 is 0 Å². The van der Waals surface area contributed by atoms with Crippen LogP contribution in [0.2, 0.25) is 0 Å². The van der Waals surface area contributed by atoms with Crippen LogP contribution in [-0.2, 0) is 27.8 Å². The molecule has 1 atom stereocenters. The molecule has 1 aromatic carbocycles.